The first-order chi connectivity index (χ1) is 16.0. The van der Waals surface area contributed by atoms with Crippen LogP contribution in [0.4, 0.5) is 0 Å². The molecule has 1 aromatic heterocycles. The van der Waals surface area contributed by atoms with Gasteiger partial charge in [0.05, 0.1) is 21.8 Å². The molecule has 1 aliphatic heterocycles. The van der Waals surface area contributed by atoms with Crippen molar-refractivity contribution < 1.29 is 9.53 Å². The topological polar surface area (TPSA) is 71.2 Å². The number of nitrogens with zero attached hydrogens (tertiary/aromatic N) is 4. The normalized spacial score (nSPS) is 18.6. The predicted molar refractivity (Wildman–Crippen MR) is 130 cm³/mol. The molecule has 4 rings (SSSR count). The second kappa shape index (κ2) is 9.80. The molecule has 3 aromatic rings. The van der Waals surface area contributed by atoms with E-state index in [0.717, 1.165) is 47.8 Å². The molecule has 1 saturated heterocycles. The molecule has 0 N–H and O–H groups in total. The van der Waals surface area contributed by atoms with E-state index < -0.39 is 5.41 Å². The zero-order valence-corrected chi connectivity index (χ0v) is 20.5. The van der Waals surface area contributed by atoms with Crippen LogP contribution in [0.15, 0.2) is 59.6 Å². The van der Waals surface area contributed by atoms with E-state index in [9.17, 15) is 10.1 Å². The summed E-state index contributed by atoms with van der Waals surface area (Å²) < 4.78 is 9.02. The quantitative estimate of drug-likeness (QED) is 0.433. The molecule has 7 heteroatoms. The maximum Gasteiger partial charge on any atom is 0.232 e. The van der Waals surface area contributed by atoms with Crippen LogP contribution in [0.5, 0.6) is 11.5 Å². The van der Waals surface area contributed by atoms with Crippen molar-refractivity contribution in [3.05, 3.63) is 76.3 Å². The van der Waals surface area contributed by atoms with E-state index >= 15 is 0 Å². The first kappa shape index (κ1) is 23.1. The molecular weight excluding hydrogens is 480 g/mol. The van der Waals surface area contributed by atoms with Gasteiger partial charge in [-0.2, -0.15) is 5.26 Å². The number of nitriles is 1. The number of halogens is 1. The summed E-state index contributed by atoms with van der Waals surface area (Å²) >= 11 is 3.59. The zero-order valence-electron chi connectivity index (χ0n) is 18.9. The number of ether oxygens (including phenoxy) is 1. The Morgan fingerprint density at radius 2 is 2.06 bits per heavy atom. The highest BCUT2D eigenvalue weighted by Gasteiger charge is 2.41. The van der Waals surface area contributed by atoms with Crippen molar-refractivity contribution in [2.24, 2.45) is 0 Å². The summed E-state index contributed by atoms with van der Waals surface area (Å²) in [5.74, 6) is 1.25. The fourth-order valence-corrected chi connectivity index (χ4v) is 4.91. The Hall–Kier alpha value is -3.11. The van der Waals surface area contributed by atoms with Gasteiger partial charge in [-0.05, 0) is 70.6 Å². The van der Waals surface area contributed by atoms with E-state index in [1.54, 1.807) is 18.6 Å². The molecule has 1 amide bonds. The average molecular weight is 507 g/mol. The van der Waals surface area contributed by atoms with Gasteiger partial charge in [0.15, 0.2) is 0 Å². The number of imidazole rings is 1. The van der Waals surface area contributed by atoms with E-state index in [2.05, 4.69) is 33.9 Å². The number of carbonyl (C=O) groups is 1. The SMILES string of the molecule is CCC1(c2ccc(Br)c(Oc3cc(Cn4ccnc4)ccc3C#N)c2)CCCCN(C)C1=O. The van der Waals surface area contributed by atoms with Crippen LogP contribution in [0.25, 0.3) is 0 Å². The van der Waals surface area contributed by atoms with Crippen LogP contribution in [0, 0.1) is 11.3 Å². The number of carbonyl (C=O) groups excluding carboxylic acids is 1. The second-order valence-corrected chi connectivity index (χ2v) is 9.40. The number of aromatic nitrogens is 2. The van der Waals surface area contributed by atoms with E-state index in [1.807, 2.05) is 53.0 Å². The Morgan fingerprint density at radius 3 is 2.79 bits per heavy atom. The van der Waals surface area contributed by atoms with Gasteiger partial charge in [-0.15, -0.1) is 0 Å². The molecule has 0 radical (unpaired) electrons. The van der Waals surface area contributed by atoms with Gasteiger partial charge in [0.25, 0.3) is 0 Å². The molecule has 0 spiro atoms. The highest BCUT2D eigenvalue weighted by molar-refractivity contribution is 9.10. The van der Waals surface area contributed by atoms with Crippen LogP contribution in [-0.2, 0) is 16.8 Å². The molecule has 0 saturated carbocycles. The molecule has 1 fully saturated rings. The van der Waals surface area contributed by atoms with Gasteiger partial charge in [0.2, 0.25) is 5.91 Å². The van der Waals surface area contributed by atoms with Crippen LogP contribution >= 0.6 is 15.9 Å². The predicted octanol–water partition coefficient (Wildman–Crippen LogP) is 5.65. The fraction of sp³-hybridized carbons (Fsp3) is 0.346. The van der Waals surface area contributed by atoms with Gasteiger partial charge < -0.3 is 14.2 Å². The number of hydrogen-bond acceptors (Lipinski definition) is 4. The van der Waals surface area contributed by atoms with Crippen LogP contribution in [0.2, 0.25) is 0 Å². The summed E-state index contributed by atoms with van der Waals surface area (Å²) in [6.45, 7) is 3.49. The minimum atomic E-state index is -0.564. The number of hydrogen-bond donors (Lipinski definition) is 0. The maximum atomic E-state index is 13.4. The second-order valence-electron chi connectivity index (χ2n) is 8.54. The van der Waals surface area contributed by atoms with Crippen molar-refractivity contribution in [3.63, 3.8) is 0 Å². The monoisotopic (exact) mass is 506 g/mol. The molecule has 170 valence electrons. The minimum Gasteiger partial charge on any atom is -0.455 e. The molecule has 1 atom stereocenters. The molecular formula is C26H27BrN4O2. The third-order valence-corrected chi connectivity index (χ3v) is 7.16. The minimum absolute atomic E-state index is 0.163. The summed E-state index contributed by atoms with van der Waals surface area (Å²) in [7, 11) is 1.89. The van der Waals surface area contributed by atoms with Gasteiger partial charge in [-0.1, -0.05) is 25.5 Å². The summed E-state index contributed by atoms with van der Waals surface area (Å²) in [6, 6.07) is 13.7. The van der Waals surface area contributed by atoms with Gasteiger partial charge in [-0.3, -0.25) is 4.79 Å². The van der Waals surface area contributed by atoms with Crippen molar-refractivity contribution in [2.75, 3.05) is 13.6 Å². The fourth-order valence-electron chi connectivity index (χ4n) is 4.58. The Kier molecular flexibility index (Phi) is 6.85. The van der Waals surface area contributed by atoms with Crippen LogP contribution in [-0.4, -0.2) is 34.0 Å². The van der Waals surface area contributed by atoms with Gasteiger partial charge >= 0.3 is 0 Å². The van der Waals surface area contributed by atoms with Crippen molar-refractivity contribution in [1.29, 1.82) is 5.26 Å². The van der Waals surface area contributed by atoms with E-state index in [4.69, 9.17) is 4.74 Å². The Balaban J connectivity index is 1.70. The first-order valence-electron chi connectivity index (χ1n) is 11.2. The lowest BCUT2D eigenvalue weighted by Crippen LogP contribution is -2.43. The Bertz CT molecular complexity index is 1190. The number of amides is 1. The molecule has 1 unspecified atom stereocenters. The Morgan fingerprint density at radius 1 is 1.21 bits per heavy atom. The summed E-state index contributed by atoms with van der Waals surface area (Å²) in [6.07, 6.45) is 8.94. The van der Waals surface area contributed by atoms with Crippen molar-refractivity contribution in [2.45, 2.75) is 44.6 Å². The highest BCUT2D eigenvalue weighted by Crippen LogP contribution is 2.41. The molecule has 0 bridgehead atoms. The number of benzene rings is 2. The van der Waals surface area contributed by atoms with E-state index in [-0.39, 0.29) is 5.91 Å². The van der Waals surface area contributed by atoms with Crippen molar-refractivity contribution in [3.8, 4) is 17.6 Å². The maximum absolute atomic E-state index is 13.4. The number of likely N-dealkylation sites (N-methyl/N-ethyl adjacent to an activating group) is 1. The Labute approximate surface area is 202 Å². The average Bonchev–Trinajstić information content (AvgIpc) is 3.28. The third-order valence-electron chi connectivity index (χ3n) is 6.50. The largest absolute Gasteiger partial charge is 0.455 e. The highest BCUT2D eigenvalue weighted by atomic mass is 79.9. The number of rotatable bonds is 6. The van der Waals surface area contributed by atoms with E-state index in [0.29, 0.717) is 23.6 Å². The summed E-state index contributed by atoms with van der Waals surface area (Å²) in [5.41, 5.74) is 1.85. The van der Waals surface area contributed by atoms with Gasteiger partial charge in [0.1, 0.15) is 17.6 Å². The smallest absolute Gasteiger partial charge is 0.232 e. The van der Waals surface area contributed by atoms with Crippen LogP contribution in [0.1, 0.15) is 49.3 Å². The number of likely N-dealkylation sites (tertiary alicyclic amines) is 1. The lowest BCUT2D eigenvalue weighted by molar-refractivity contribution is -0.135. The molecule has 33 heavy (non-hydrogen) atoms. The van der Waals surface area contributed by atoms with E-state index in [1.165, 1.54) is 0 Å². The standard InChI is InChI=1S/C26H27BrN4O2/c1-3-26(10-4-5-12-30(2)25(26)32)21-8-9-22(27)24(15-21)33-23-14-19(6-7-20(23)16-28)17-31-13-11-29-18-31/h6-9,11,13-15,18H,3-5,10,12,17H2,1-2H3. The van der Waals surface area contributed by atoms with Crippen molar-refractivity contribution >= 4 is 21.8 Å². The van der Waals surface area contributed by atoms with Crippen molar-refractivity contribution in [1.82, 2.24) is 14.5 Å². The first-order valence-corrected chi connectivity index (χ1v) is 12.0. The molecule has 1 aliphatic rings. The molecule has 6 nitrogen and oxygen atoms in total. The lowest BCUT2D eigenvalue weighted by atomic mass is 9.73. The summed E-state index contributed by atoms with van der Waals surface area (Å²) in [4.78, 5) is 19.3. The molecule has 2 aromatic carbocycles. The zero-order chi connectivity index (χ0) is 23.4. The lowest BCUT2D eigenvalue weighted by Gasteiger charge is -2.33. The summed E-state index contributed by atoms with van der Waals surface area (Å²) in [5, 5.41) is 9.64. The van der Waals surface area contributed by atoms with Gasteiger partial charge in [-0.25, -0.2) is 4.98 Å². The molecule has 0 aliphatic carbocycles. The van der Waals surface area contributed by atoms with Crippen LogP contribution in [0.3, 0.4) is 0 Å². The van der Waals surface area contributed by atoms with Crippen LogP contribution < -0.4 is 4.74 Å². The molecule has 2 heterocycles. The van der Waals surface area contributed by atoms with Gasteiger partial charge in [0, 0.05) is 32.5 Å². The third kappa shape index (κ3) is 4.67.